The molecule has 9 aromatic rings. The Bertz CT molecular complexity index is 2390. The van der Waals surface area contributed by atoms with Crippen LogP contribution in [0, 0.1) is 0 Å². The molecule has 51 heavy (non-hydrogen) atoms. The minimum absolute atomic E-state index is 0.801. The largest absolute Gasteiger partial charge is 0.308 e. The topological polar surface area (TPSA) is 87.1 Å². The van der Waals surface area contributed by atoms with Gasteiger partial charge in [-0.1, -0.05) is 18.2 Å². The van der Waals surface area contributed by atoms with Crippen LogP contribution in [-0.2, 0) is 0 Å². The van der Waals surface area contributed by atoms with Gasteiger partial charge in [0.15, 0.2) is 0 Å². The molecule has 10 rings (SSSR count). The second kappa shape index (κ2) is 11.7. The van der Waals surface area contributed by atoms with Crippen molar-refractivity contribution in [3.8, 4) is 0 Å². The summed E-state index contributed by atoms with van der Waals surface area (Å²) in [7, 11) is 0. The third-order valence-electron chi connectivity index (χ3n) is 9.19. The molecule has 0 radical (unpaired) electrons. The van der Waals surface area contributed by atoms with Crippen LogP contribution in [0.15, 0.2) is 165 Å². The summed E-state index contributed by atoms with van der Waals surface area (Å²) < 4.78 is 0. The molecular weight excluding hydrogens is 631 g/mol. The van der Waals surface area contributed by atoms with Crippen molar-refractivity contribution in [2.45, 2.75) is 0 Å². The average Bonchev–Trinajstić information content (AvgIpc) is 3.19. The van der Waals surface area contributed by atoms with Crippen LogP contribution >= 0.6 is 0 Å². The molecule has 0 spiro atoms. The lowest BCUT2D eigenvalue weighted by molar-refractivity contribution is 1.20. The van der Waals surface area contributed by atoms with Crippen LogP contribution in [0.5, 0.6) is 0 Å². The Labute approximate surface area is 292 Å². The molecule has 0 atom stereocenters. The fourth-order valence-corrected chi connectivity index (χ4v) is 7.03. The van der Waals surface area contributed by atoms with Gasteiger partial charge in [-0.15, -0.1) is 0 Å². The summed E-state index contributed by atoms with van der Waals surface area (Å²) in [6.07, 6.45) is 11.0. The van der Waals surface area contributed by atoms with Crippen LogP contribution in [0.25, 0.3) is 33.1 Å². The highest BCUT2D eigenvalue weighted by molar-refractivity contribution is 6.00. The second-order valence-corrected chi connectivity index (χ2v) is 12.2. The summed E-state index contributed by atoms with van der Waals surface area (Å²) in [5.41, 5.74) is 13.3. The third-order valence-corrected chi connectivity index (χ3v) is 9.19. The minimum atomic E-state index is 0.801. The fourth-order valence-electron chi connectivity index (χ4n) is 7.03. The summed E-state index contributed by atoms with van der Waals surface area (Å²) in [6, 6.07) is 43.5. The van der Waals surface area contributed by atoms with E-state index >= 15 is 0 Å². The number of fused-ring (bicyclic) bond motifs is 9. The van der Waals surface area contributed by atoms with E-state index in [2.05, 4.69) is 102 Å². The Balaban J connectivity index is 1.32. The predicted octanol–water partition coefficient (Wildman–Crippen LogP) is 10.2. The number of rotatable bonds is 3. The number of benzene rings is 3. The quantitative estimate of drug-likeness (QED) is 0.184. The van der Waals surface area contributed by atoms with E-state index in [0.29, 0.717) is 0 Å². The molecule has 0 amide bonds. The molecular formula is C42H27N9. The molecule has 6 bridgehead atoms. The number of pyridine rings is 6. The minimum Gasteiger partial charge on any atom is -0.308 e. The van der Waals surface area contributed by atoms with E-state index in [4.69, 9.17) is 15.0 Å². The van der Waals surface area contributed by atoms with Crippen molar-refractivity contribution < 1.29 is 0 Å². The Morgan fingerprint density at radius 1 is 0.275 bits per heavy atom. The molecule has 0 unspecified atom stereocenters. The zero-order valence-electron chi connectivity index (χ0n) is 27.1. The number of hydrogen-bond acceptors (Lipinski definition) is 9. The van der Waals surface area contributed by atoms with Gasteiger partial charge in [-0.2, -0.15) is 0 Å². The highest BCUT2D eigenvalue weighted by Crippen LogP contribution is 2.47. The van der Waals surface area contributed by atoms with E-state index in [1.165, 1.54) is 0 Å². The first-order valence-electron chi connectivity index (χ1n) is 16.6. The van der Waals surface area contributed by atoms with Gasteiger partial charge in [0.25, 0.3) is 0 Å². The van der Waals surface area contributed by atoms with Crippen LogP contribution in [0.2, 0.25) is 0 Å². The van der Waals surface area contributed by atoms with E-state index in [0.717, 1.165) is 84.3 Å². The van der Waals surface area contributed by atoms with Gasteiger partial charge < -0.3 is 14.7 Å². The fraction of sp³-hybridized carbons (Fsp3) is 0. The Morgan fingerprint density at radius 2 is 0.569 bits per heavy atom. The molecule has 3 aromatic carbocycles. The monoisotopic (exact) mass is 657 g/mol. The number of hydrogen-bond donors (Lipinski definition) is 0. The summed E-state index contributed by atoms with van der Waals surface area (Å²) in [5.74, 6) is 0. The average molecular weight is 658 g/mol. The molecule has 1 aliphatic rings. The van der Waals surface area contributed by atoms with Gasteiger partial charge in [-0.3, -0.25) is 29.9 Å². The van der Waals surface area contributed by atoms with Crippen molar-refractivity contribution >= 4 is 84.3 Å². The maximum absolute atomic E-state index is 4.82. The highest BCUT2D eigenvalue weighted by atomic mass is 15.2. The normalized spacial score (nSPS) is 12.6. The Hall–Kier alpha value is -7.26. The molecule has 0 N–H and O–H groups in total. The van der Waals surface area contributed by atoms with Gasteiger partial charge in [0.1, 0.15) is 16.6 Å². The maximum atomic E-state index is 4.82. The number of nitrogens with zero attached hydrogens (tertiary/aromatic N) is 9. The Kier molecular flexibility index (Phi) is 6.60. The van der Waals surface area contributed by atoms with Crippen LogP contribution < -0.4 is 14.7 Å². The maximum Gasteiger partial charge on any atom is 0.113 e. The van der Waals surface area contributed by atoms with E-state index in [-0.39, 0.29) is 0 Å². The van der Waals surface area contributed by atoms with E-state index in [1.54, 1.807) is 0 Å². The zero-order valence-corrected chi connectivity index (χ0v) is 27.1. The standard InChI is InChI=1S/C42H27N9/c1-7-28-25-29(8-1)50(38-17-23-44-35-14-5-20-47-41(35)38)31-10-3-12-33(27-31)51(39-18-24-45-36-15-6-21-48-42(36)39)32-11-2-9-30(26-32)49(28)37-16-22-43-34-13-4-19-46-40(34)37/h1-27H. The lowest BCUT2D eigenvalue weighted by atomic mass is 10.1. The molecule has 240 valence electrons. The third kappa shape index (κ3) is 4.79. The molecule has 0 aliphatic carbocycles. The Morgan fingerprint density at radius 3 is 0.863 bits per heavy atom. The van der Waals surface area contributed by atoms with E-state index in [1.807, 2.05) is 91.8 Å². The van der Waals surface area contributed by atoms with Crippen LogP contribution in [0.3, 0.4) is 0 Å². The van der Waals surface area contributed by atoms with Gasteiger partial charge >= 0.3 is 0 Å². The molecule has 1 aliphatic heterocycles. The molecule has 0 saturated carbocycles. The summed E-state index contributed by atoms with van der Waals surface area (Å²) in [6.45, 7) is 0. The highest BCUT2D eigenvalue weighted by Gasteiger charge is 2.25. The van der Waals surface area contributed by atoms with Gasteiger partial charge in [-0.25, -0.2) is 0 Å². The van der Waals surface area contributed by atoms with Crippen LogP contribution in [0.1, 0.15) is 0 Å². The molecule has 6 aromatic heterocycles. The van der Waals surface area contributed by atoms with Gasteiger partial charge in [0.2, 0.25) is 0 Å². The molecule has 7 heterocycles. The van der Waals surface area contributed by atoms with E-state index in [9.17, 15) is 0 Å². The molecule has 0 fully saturated rings. The van der Waals surface area contributed by atoms with Gasteiger partial charge in [0.05, 0.1) is 33.6 Å². The second-order valence-electron chi connectivity index (χ2n) is 12.2. The SMILES string of the molecule is c1cc2cc(c1)N(c1ccnc3cccnc13)c1cccc(c1)N(c1ccnc3cccnc13)c1cccc(c1)N2c1ccnc2cccnc12. The summed E-state index contributed by atoms with van der Waals surface area (Å²) in [4.78, 5) is 35.2. The van der Waals surface area contributed by atoms with Gasteiger partial charge in [-0.05, 0) is 109 Å². The van der Waals surface area contributed by atoms with E-state index < -0.39 is 0 Å². The summed E-state index contributed by atoms with van der Waals surface area (Å²) >= 11 is 0. The van der Waals surface area contributed by atoms with Crippen LogP contribution in [0.4, 0.5) is 51.2 Å². The number of aromatic nitrogens is 6. The molecule has 0 saturated heterocycles. The first-order valence-corrected chi connectivity index (χ1v) is 16.6. The van der Waals surface area contributed by atoms with Crippen molar-refractivity contribution in [3.05, 3.63) is 165 Å². The lowest BCUT2D eigenvalue weighted by Crippen LogP contribution is -2.17. The predicted molar refractivity (Wildman–Crippen MR) is 203 cm³/mol. The smallest absolute Gasteiger partial charge is 0.113 e. The first kappa shape index (κ1) is 28.7. The molecule has 9 heteroatoms. The van der Waals surface area contributed by atoms with Crippen molar-refractivity contribution in [3.63, 3.8) is 0 Å². The van der Waals surface area contributed by atoms with Crippen molar-refractivity contribution in [2.75, 3.05) is 14.7 Å². The first-order chi connectivity index (χ1) is 25.3. The summed E-state index contributed by atoms with van der Waals surface area (Å²) in [5, 5.41) is 0. The molecule has 9 nitrogen and oxygen atoms in total. The van der Waals surface area contributed by atoms with Crippen molar-refractivity contribution in [1.82, 2.24) is 29.9 Å². The zero-order chi connectivity index (χ0) is 33.7. The number of anilines is 9. The van der Waals surface area contributed by atoms with Crippen LogP contribution in [-0.4, -0.2) is 29.9 Å². The van der Waals surface area contributed by atoms with Crippen molar-refractivity contribution in [2.24, 2.45) is 0 Å². The van der Waals surface area contributed by atoms with Gasteiger partial charge in [0, 0.05) is 71.3 Å². The lowest BCUT2D eigenvalue weighted by Gasteiger charge is -2.33. The van der Waals surface area contributed by atoms with Crippen molar-refractivity contribution in [1.29, 1.82) is 0 Å².